The van der Waals surface area contributed by atoms with E-state index in [-0.39, 0.29) is 37.2 Å². The predicted octanol–water partition coefficient (Wildman–Crippen LogP) is 2.19. The highest BCUT2D eigenvalue weighted by atomic mass is 35.5. The van der Waals surface area contributed by atoms with Crippen LogP contribution in [0.15, 0.2) is 54.1 Å². The monoisotopic (exact) mass is 594 g/mol. The topological polar surface area (TPSA) is 143 Å². The van der Waals surface area contributed by atoms with Crippen molar-refractivity contribution in [3.05, 3.63) is 70.3 Å². The molecule has 4 N–H and O–H groups in total. The summed E-state index contributed by atoms with van der Waals surface area (Å²) in [5, 5.41) is 11.5. The molecule has 4 rings (SSSR count). The van der Waals surface area contributed by atoms with Crippen molar-refractivity contribution in [3.8, 4) is 5.75 Å². The van der Waals surface area contributed by atoms with E-state index in [0.29, 0.717) is 41.2 Å². The fourth-order valence-electron chi connectivity index (χ4n) is 4.98. The molecule has 4 amide bonds. The molecule has 0 aromatic heterocycles. The van der Waals surface area contributed by atoms with Crippen molar-refractivity contribution in [3.63, 3.8) is 0 Å². The highest BCUT2D eigenvalue weighted by Gasteiger charge is 2.32. The van der Waals surface area contributed by atoms with Gasteiger partial charge in [-0.1, -0.05) is 55.8 Å². The molecule has 0 spiro atoms. The first-order valence-corrected chi connectivity index (χ1v) is 14.3. The van der Waals surface area contributed by atoms with Gasteiger partial charge in [0.1, 0.15) is 30.7 Å². The number of carbonyl (C=O) groups excluding carboxylic acids is 5. The zero-order valence-electron chi connectivity index (χ0n) is 23.5. The third kappa shape index (κ3) is 7.97. The van der Waals surface area contributed by atoms with E-state index in [1.807, 2.05) is 30.3 Å². The molecule has 0 aliphatic carbocycles. The second-order valence-corrected chi connectivity index (χ2v) is 11.3. The lowest BCUT2D eigenvalue weighted by atomic mass is 9.98. The average Bonchev–Trinajstić information content (AvgIpc) is 3.38. The maximum atomic E-state index is 13.5. The van der Waals surface area contributed by atoms with Gasteiger partial charge in [0, 0.05) is 29.5 Å². The van der Waals surface area contributed by atoms with E-state index in [1.54, 1.807) is 38.1 Å². The molecule has 1 saturated heterocycles. The zero-order chi connectivity index (χ0) is 30.2. The number of benzene rings is 2. The van der Waals surface area contributed by atoms with E-state index in [4.69, 9.17) is 16.3 Å². The summed E-state index contributed by atoms with van der Waals surface area (Å²) in [6, 6.07) is 11.4. The van der Waals surface area contributed by atoms with Crippen LogP contribution in [0.1, 0.15) is 37.8 Å². The first kappa shape index (κ1) is 30.8. The second-order valence-electron chi connectivity index (χ2n) is 10.8. The van der Waals surface area contributed by atoms with Gasteiger partial charge in [0.25, 0.3) is 5.91 Å². The third-order valence-corrected chi connectivity index (χ3v) is 7.56. The Hall–Kier alpha value is -4.18. The fourth-order valence-corrected chi connectivity index (χ4v) is 5.16. The van der Waals surface area contributed by atoms with Crippen LogP contribution in [0, 0.1) is 11.8 Å². The first-order chi connectivity index (χ1) is 20.1. The number of hydrogen-bond acceptors (Lipinski definition) is 6. The van der Waals surface area contributed by atoms with Crippen LogP contribution in [0.4, 0.5) is 0 Å². The minimum atomic E-state index is -1.04. The minimum absolute atomic E-state index is 0.0258. The molecule has 11 heteroatoms. The summed E-state index contributed by atoms with van der Waals surface area (Å²) in [6.07, 6.45) is 3.18. The van der Waals surface area contributed by atoms with Crippen LogP contribution in [0.2, 0.25) is 5.02 Å². The van der Waals surface area contributed by atoms with Crippen LogP contribution in [-0.4, -0.2) is 61.2 Å². The summed E-state index contributed by atoms with van der Waals surface area (Å²) in [5.74, 6) is -1.82. The Morgan fingerprint density at radius 1 is 1.07 bits per heavy atom. The average molecular weight is 595 g/mol. The number of rotatable bonds is 12. The summed E-state index contributed by atoms with van der Waals surface area (Å²) >= 11 is 6.08. The zero-order valence-corrected chi connectivity index (χ0v) is 24.3. The van der Waals surface area contributed by atoms with E-state index >= 15 is 0 Å². The Morgan fingerprint density at radius 2 is 1.83 bits per heavy atom. The minimum Gasteiger partial charge on any atom is -0.488 e. The van der Waals surface area contributed by atoms with Gasteiger partial charge in [-0.3, -0.25) is 19.2 Å². The van der Waals surface area contributed by atoms with E-state index in [2.05, 4.69) is 21.3 Å². The van der Waals surface area contributed by atoms with E-state index in [9.17, 15) is 24.0 Å². The molecule has 2 heterocycles. The molecule has 4 atom stereocenters. The lowest BCUT2D eigenvalue weighted by Gasteiger charge is -2.27. The molecule has 0 bridgehead atoms. The molecule has 222 valence electrons. The summed E-state index contributed by atoms with van der Waals surface area (Å²) in [4.78, 5) is 63.9. The molecule has 1 fully saturated rings. The Morgan fingerprint density at radius 3 is 2.50 bits per heavy atom. The Labute approximate surface area is 249 Å². The van der Waals surface area contributed by atoms with Gasteiger partial charge in [0.2, 0.25) is 17.7 Å². The van der Waals surface area contributed by atoms with Crippen molar-refractivity contribution >= 4 is 47.6 Å². The number of halogens is 1. The summed E-state index contributed by atoms with van der Waals surface area (Å²) in [6.45, 7) is 4.12. The number of ether oxygens (including phenoxy) is 1. The van der Waals surface area contributed by atoms with Crippen molar-refractivity contribution in [2.24, 2.45) is 11.8 Å². The van der Waals surface area contributed by atoms with Crippen molar-refractivity contribution in [1.29, 1.82) is 0 Å². The van der Waals surface area contributed by atoms with E-state index < -0.39 is 35.8 Å². The molecule has 2 aromatic carbocycles. The quantitative estimate of drug-likeness (QED) is 0.278. The summed E-state index contributed by atoms with van der Waals surface area (Å²) in [7, 11) is 0. The van der Waals surface area contributed by atoms with E-state index in [0.717, 1.165) is 5.56 Å². The molecular formula is C31H35ClN4O6. The predicted molar refractivity (Wildman–Crippen MR) is 157 cm³/mol. The van der Waals surface area contributed by atoms with Crippen molar-refractivity contribution in [1.82, 2.24) is 21.3 Å². The van der Waals surface area contributed by atoms with E-state index in [1.165, 1.54) is 0 Å². The van der Waals surface area contributed by atoms with Crippen molar-refractivity contribution < 1.29 is 28.7 Å². The summed E-state index contributed by atoms with van der Waals surface area (Å²) in [5.41, 5.74) is 1.78. The van der Waals surface area contributed by atoms with Gasteiger partial charge in [-0.15, -0.1) is 0 Å². The smallest absolute Gasteiger partial charge is 0.251 e. The number of hydrogen-bond donors (Lipinski definition) is 4. The normalized spacial score (nSPS) is 18.0. The molecule has 0 unspecified atom stereocenters. The molecule has 2 aliphatic rings. The molecule has 42 heavy (non-hydrogen) atoms. The number of nitrogens with one attached hydrogen (secondary N) is 4. The number of aldehydes is 1. The lowest BCUT2D eigenvalue weighted by molar-refractivity contribution is -0.133. The molecule has 2 aromatic rings. The lowest BCUT2D eigenvalue weighted by Crippen LogP contribution is -2.57. The summed E-state index contributed by atoms with van der Waals surface area (Å²) < 4.78 is 5.68. The standard InChI is InChI=1S/C31H35ClN4O6/c1-18(2)27(36-29(39)22-13-21-14-23(32)8-9-26(21)42-17-22)31(41)35-25(12-19-6-4-3-5-7-19)30(40)34-24(16-37)15-20-10-11-33-28(20)38/h3-9,13-14,16,18,20,24-25,27H,10-12,15,17H2,1-2H3,(H,33,38)(H,34,40)(H,35,41)(H,36,39)/t20-,24-,25-,27-/m0/s1. The van der Waals surface area contributed by atoms with Crippen molar-refractivity contribution in [2.45, 2.75) is 51.2 Å². The maximum absolute atomic E-state index is 13.5. The van der Waals surface area contributed by atoms with Gasteiger partial charge >= 0.3 is 0 Å². The highest BCUT2D eigenvalue weighted by Crippen LogP contribution is 2.29. The number of carbonyl (C=O) groups is 5. The van der Waals surface area contributed by atoms with Crippen LogP contribution >= 0.6 is 11.6 Å². The van der Waals surface area contributed by atoms with Gasteiger partial charge in [0.05, 0.1) is 11.6 Å². The largest absolute Gasteiger partial charge is 0.488 e. The van der Waals surface area contributed by atoms with Crippen molar-refractivity contribution in [2.75, 3.05) is 13.2 Å². The van der Waals surface area contributed by atoms with Gasteiger partial charge in [-0.25, -0.2) is 0 Å². The van der Waals surface area contributed by atoms with Gasteiger partial charge in [-0.2, -0.15) is 0 Å². The molecule has 0 saturated carbocycles. The van der Waals surface area contributed by atoms with Crippen LogP contribution < -0.4 is 26.0 Å². The number of fused-ring (bicyclic) bond motifs is 1. The van der Waals surface area contributed by atoms with Crippen LogP contribution in [-0.2, 0) is 30.4 Å². The Kier molecular flexibility index (Phi) is 10.4. The Bertz CT molecular complexity index is 1360. The van der Waals surface area contributed by atoms with Gasteiger partial charge < -0.3 is 30.8 Å². The number of amides is 4. The Balaban J connectivity index is 1.47. The SMILES string of the molecule is CC(C)[C@H](NC(=O)C1=Cc2cc(Cl)ccc2OC1)C(=O)N[C@@H](Cc1ccccc1)C(=O)N[C@H](C=O)C[C@@H]1CCNC1=O. The molecular weight excluding hydrogens is 560 g/mol. The van der Waals surface area contributed by atoms with Gasteiger partial charge in [0.15, 0.2) is 0 Å². The van der Waals surface area contributed by atoms with Crippen LogP contribution in [0.3, 0.4) is 0 Å². The van der Waals surface area contributed by atoms with Crippen LogP contribution in [0.5, 0.6) is 5.75 Å². The molecule has 0 radical (unpaired) electrons. The molecule has 10 nitrogen and oxygen atoms in total. The van der Waals surface area contributed by atoms with Crippen LogP contribution in [0.25, 0.3) is 6.08 Å². The third-order valence-electron chi connectivity index (χ3n) is 7.32. The molecule has 2 aliphatic heterocycles. The fraction of sp³-hybridized carbons (Fsp3) is 0.387. The van der Waals surface area contributed by atoms with Gasteiger partial charge in [-0.05, 0) is 48.6 Å². The second kappa shape index (κ2) is 14.1. The highest BCUT2D eigenvalue weighted by molar-refractivity contribution is 6.30. The first-order valence-electron chi connectivity index (χ1n) is 14.0. The maximum Gasteiger partial charge on any atom is 0.251 e.